The first kappa shape index (κ1) is 16.5. The number of aliphatic imine (C=N–C) groups is 1. The van der Waals surface area contributed by atoms with Crippen LogP contribution in [0.5, 0.6) is 0 Å². The van der Waals surface area contributed by atoms with Gasteiger partial charge in [0, 0.05) is 6.08 Å². The number of carbonyl (C=O) groups is 3. The van der Waals surface area contributed by atoms with Crippen molar-refractivity contribution in [3.05, 3.63) is 53.3 Å². The Kier molecular flexibility index (Phi) is 4.35. The molecule has 0 unspecified atom stereocenters. The van der Waals surface area contributed by atoms with E-state index >= 15 is 0 Å². The molecule has 1 aromatic carbocycles. The van der Waals surface area contributed by atoms with Crippen LogP contribution in [0.2, 0.25) is 0 Å². The fourth-order valence-electron chi connectivity index (χ4n) is 2.11. The van der Waals surface area contributed by atoms with E-state index in [0.717, 1.165) is 17.8 Å². The molecule has 0 atom stereocenters. The lowest BCUT2D eigenvalue weighted by molar-refractivity contribution is -0.131. The number of aliphatic carboxylic acids is 1. The van der Waals surface area contributed by atoms with E-state index in [1.807, 2.05) is 0 Å². The summed E-state index contributed by atoms with van der Waals surface area (Å²) in [5, 5.41) is 9.09. The van der Waals surface area contributed by atoms with Gasteiger partial charge in [-0.05, 0) is 23.9 Å². The van der Waals surface area contributed by atoms with Gasteiger partial charge in [0.15, 0.2) is 16.7 Å². The summed E-state index contributed by atoms with van der Waals surface area (Å²) >= 11 is 0.869. The Balaban J connectivity index is 2.10. The smallest absolute Gasteiger partial charge is 0.329 e. The lowest BCUT2D eigenvalue weighted by Crippen LogP contribution is -2.28. The minimum atomic E-state index is -1.25. The van der Waals surface area contributed by atoms with Crippen LogP contribution in [0.1, 0.15) is 10.5 Å². The van der Waals surface area contributed by atoms with Crippen molar-refractivity contribution in [2.24, 2.45) is 10.7 Å². The molecule has 0 saturated carbocycles. The van der Waals surface area contributed by atoms with Crippen molar-refractivity contribution in [3.63, 3.8) is 0 Å². The molecule has 2 aromatic rings. The van der Waals surface area contributed by atoms with E-state index < -0.39 is 17.8 Å². The number of thioether (sulfide) groups is 1. The molecule has 0 aliphatic carbocycles. The monoisotopic (exact) mass is 357 g/mol. The van der Waals surface area contributed by atoms with E-state index in [0.29, 0.717) is 5.69 Å². The molecule has 0 bridgehead atoms. The normalized spacial score (nSPS) is 17.4. The Labute approximate surface area is 145 Å². The van der Waals surface area contributed by atoms with Crippen LogP contribution in [0, 0.1) is 0 Å². The summed E-state index contributed by atoms with van der Waals surface area (Å²) in [7, 11) is 0. The second-order valence-corrected chi connectivity index (χ2v) is 5.79. The van der Waals surface area contributed by atoms with Gasteiger partial charge in [-0.3, -0.25) is 14.5 Å². The van der Waals surface area contributed by atoms with Crippen LogP contribution in [-0.2, 0) is 9.59 Å². The summed E-state index contributed by atoms with van der Waals surface area (Å²) in [6, 6.07) is 8.59. The standard InChI is InChI=1S/C15H11N5O4S/c16-12(23)11-13(18-7-17-11)19-15-20(8-4-2-1-3-5-8)14(24)9(25-15)6-10(21)22/h1-7H,(H2,16,23)(H,17,18)(H,21,22). The van der Waals surface area contributed by atoms with Gasteiger partial charge in [-0.1, -0.05) is 18.2 Å². The molecule has 25 heavy (non-hydrogen) atoms. The number of rotatable bonds is 4. The number of amides is 2. The van der Waals surface area contributed by atoms with Gasteiger partial charge in [-0.15, -0.1) is 0 Å². The number of nitrogens with one attached hydrogen (secondary N) is 1. The number of anilines is 1. The molecule has 1 fully saturated rings. The molecule has 0 spiro atoms. The van der Waals surface area contributed by atoms with Crippen LogP contribution in [0.3, 0.4) is 0 Å². The first-order valence-electron chi connectivity index (χ1n) is 6.91. The highest BCUT2D eigenvalue weighted by Crippen LogP contribution is 2.36. The van der Waals surface area contributed by atoms with Gasteiger partial charge in [0.1, 0.15) is 0 Å². The van der Waals surface area contributed by atoms with Crippen molar-refractivity contribution in [1.82, 2.24) is 9.97 Å². The van der Waals surface area contributed by atoms with E-state index in [9.17, 15) is 14.4 Å². The number of imidazole rings is 1. The number of nitrogens with zero attached hydrogens (tertiary/aromatic N) is 3. The third kappa shape index (κ3) is 3.28. The fourth-order valence-corrected chi connectivity index (χ4v) is 3.06. The van der Waals surface area contributed by atoms with Gasteiger partial charge in [-0.2, -0.15) is 0 Å². The first-order valence-corrected chi connectivity index (χ1v) is 7.73. The minimum Gasteiger partial charge on any atom is -0.478 e. The summed E-state index contributed by atoms with van der Waals surface area (Å²) in [6.45, 7) is 0. The summed E-state index contributed by atoms with van der Waals surface area (Å²) < 4.78 is 0. The molecule has 4 N–H and O–H groups in total. The second kappa shape index (κ2) is 6.61. The van der Waals surface area contributed by atoms with Crippen molar-refractivity contribution in [3.8, 4) is 0 Å². The predicted octanol–water partition coefficient (Wildman–Crippen LogP) is 1.24. The van der Waals surface area contributed by atoms with Crippen molar-refractivity contribution in [2.75, 3.05) is 4.90 Å². The number of carbonyl (C=O) groups excluding carboxylic acids is 2. The maximum Gasteiger partial charge on any atom is 0.329 e. The van der Waals surface area contributed by atoms with Gasteiger partial charge in [0.2, 0.25) is 0 Å². The Morgan fingerprint density at radius 3 is 2.68 bits per heavy atom. The molecule has 3 rings (SSSR count). The maximum absolute atomic E-state index is 12.6. The molecule has 1 saturated heterocycles. The molecule has 2 heterocycles. The number of aromatic amines is 1. The van der Waals surface area contributed by atoms with Gasteiger partial charge in [-0.25, -0.2) is 14.8 Å². The van der Waals surface area contributed by atoms with Gasteiger partial charge in [0.05, 0.1) is 16.9 Å². The predicted molar refractivity (Wildman–Crippen MR) is 91.4 cm³/mol. The topological polar surface area (TPSA) is 142 Å². The highest BCUT2D eigenvalue weighted by molar-refractivity contribution is 8.19. The number of carboxylic acids is 1. The number of amidine groups is 1. The van der Waals surface area contributed by atoms with Gasteiger partial charge >= 0.3 is 5.97 Å². The molecule has 9 nitrogen and oxygen atoms in total. The Morgan fingerprint density at radius 2 is 2.04 bits per heavy atom. The molecule has 10 heteroatoms. The zero-order valence-electron chi connectivity index (χ0n) is 12.5. The van der Waals surface area contributed by atoms with Crippen molar-refractivity contribution in [2.45, 2.75) is 0 Å². The fraction of sp³-hybridized carbons (Fsp3) is 0. The second-order valence-electron chi connectivity index (χ2n) is 4.78. The third-order valence-electron chi connectivity index (χ3n) is 3.14. The summed E-state index contributed by atoms with van der Waals surface area (Å²) in [5.41, 5.74) is 5.74. The molecule has 2 amide bonds. The molecular formula is C15H11N5O4S. The zero-order valence-corrected chi connectivity index (χ0v) is 13.4. The van der Waals surface area contributed by atoms with E-state index in [-0.39, 0.29) is 21.6 Å². The number of hydrogen-bond acceptors (Lipinski definition) is 6. The van der Waals surface area contributed by atoms with Crippen LogP contribution in [-0.4, -0.2) is 38.0 Å². The average Bonchev–Trinajstić information content (AvgIpc) is 3.14. The van der Waals surface area contributed by atoms with E-state index in [2.05, 4.69) is 15.0 Å². The highest BCUT2D eigenvalue weighted by atomic mass is 32.2. The van der Waals surface area contributed by atoms with Crippen LogP contribution in [0.25, 0.3) is 0 Å². The summed E-state index contributed by atoms with van der Waals surface area (Å²) in [6.07, 6.45) is 2.06. The van der Waals surface area contributed by atoms with E-state index in [1.165, 1.54) is 11.2 Å². The molecule has 1 aromatic heterocycles. The molecule has 0 radical (unpaired) electrons. The summed E-state index contributed by atoms with van der Waals surface area (Å²) in [4.78, 5) is 46.8. The number of benzene rings is 1. The first-order chi connectivity index (χ1) is 12.0. The van der Waals surface area contributed by atoms with Gasteiger partial charge < -0.3 is 15.8 Å². The van der Waals surface area contributed by atoms with Crippen LogP contribution in [0.15, 0.2) is 52.6 Å². The molecule has 1 aliphatic heterocycles. The zero-order chi connectivity index (χ0) is 18.0. The van der Waals surface area contributed by atoms with Gasteiger partial charge in [0.25, 0.3) is 11.8 Å². The third-order valence-corrected chi connectivity index (χ3v) is 4.11. The van der Waals surface area contributed by atoms with E-state index in [4.69, 9.17) is 10.8 Å². The molecule has 126 valence electrons. The number of nitrogens with two attached hydrogens (primary N) is 1. The van der Waals surface area contributed by atoms with Crippen LogP contribution in [0.4, 0.5) is 11.5 Å². The molecular weight excluding hydrogens is 346 g/mol. The van der Waals surface area contributed by atoms with Crippen LogP contribution >= 0.6 is 11.8 Å². The Hall–Kier alpha value is -3.40. The largest absolute Gasteiger partial charge is 0.478 e. The quantitative estimate of drug-likeness (QED) is 0.703. The van der Waals surface area contributed by atoms with Crippen LogP contribution < -0.4 is 10.6 Å². The number of aromatic nitrogens is 2. The number of hydrogen-bond donors (Lipinski definition) is 3. The lowest BCUT2D eigenvalue weighted by atomic mass is 10.3. The summed E-state index contributed by atoms with van der Waals surface area (Å²) in [5.74, 6) is -2.52. The Bertz CT molecular complexity index is 919. The van der Waals surface area contributed by atoms with Crippen molar-refractivity contribution < 1.29 is 19.5 Å². The van der Waals surface area contributed by atoms with Crippen molar-refractivity contribution >= 4 is 46.2 Å². The number of H-pyrrole nitrogens is 1. The molecule has 1 aliphatic rings. The highest BCUT2D eigenvalue weighted by Gasteiger charge is 2.35. The maximum atomic E-state index is 12.6. The average molecular weight is 357 g/mol. The number of carboxylic acid groups (broad SMARTS) is 1. The van der Waals surface area contributed by atoms with Crippen molar-refractivity contribution in [1.29, 1.82) is 0 Å². The lowest BCUT2D eigenvalue weighted by Gasteiger charge is -2.15. The minimum absolute atomic E-state index is 0.00809. The number of para-hydroxylation sites is 1. The number of primary amides is 1. The SMILES string of the molecule is NC(=O)c1[nH]cnc1N=C1SC(=CC(=O)O)C(=O)N1c1ccccc1. The Morgan fingerprint density at radius 1 is 1.32 bits per heavy atom. The van der Waals surface area contributed by atoms with E-state index in [1.54, 1.807) is 30.3 Å².